The van der Waals surface area contributed by atoms with Gasteiger partial charge in [-0.25, -0.2) is 0 Å². The molecule has 0 saturated carbocycles. The highest BCUT2D eigenvalue weighted by atomic mass is 79.9. The minimum absolute atomic E-state index is 0.0623. The lowest BCUT2D eigenvalue weighted by Gasteiger charge is -2.33. The van der Waals surface area contributed by atoms with Crippen molar-refractivity contribution in [3.63, 3.8) is 0 Å². The van der Waals surface area contributed by atoms with Gasteiger partial charge in [-0.1, -0.05) is 27.2 Å². The summed E-state index contributed by atoms with van der Waals surface area (Å²) in [6.45, 7) is 2.62. The van der Waals surface area contributed by atoms with E-state index in [-0.39, 0.29) is 11.8 Å². The number of amides is 1. The second-order valence-electron chi connectivity index (χ2n) is 8.48. The van der Waals surface area contributed by atoms with Crippen LogP contribution in [-0.2, 0) is 17.9 Å². The van der Waals surface area contributed by atoms with Gasteiger partial charge in [-0.3, -0.25) is 9.69 Å². The summed E-state index contributed by atoms with van der Waals surface area (Å²) in [5.74, 6) is 2.54. The zero-order valence-corrected chi connectivity index (χ0v) is 21.2. The predicted octanol–water partition coefficient (Wildman–Crippen LogP) is 4.39. The first-order valence-corrected chi connectivity index (χ1v) is 12.0. The lowest BCUT2D eigenvalue weighted by molar-refractivity contribution is -0.136. The van der Waals surface area contributed by atoms with Crippen molar-refractivity contribution in [2.45, 2.75) is 25.9 Å². The molecule has 3 aromatic rings. The van der Waals surface area contributed by atoms with Gasteiger partial charge in [0, 0.05) is 30.2 Å². The number of rotatable bonds is 8. The van der Waals surface area contributed by atoms with Crippen LogP contribution in [0.25, 0.3) is 11.4 Å². The molecule has 4 rings (SSSR count). The number of ether oxygens (including phenoxy) is 2. The predicted molar refractivity (Wildman–Crippen MR) is 131 cm³/mol. The van der Waals surface area contributed by atoms with Crippen LogP contribution in [0, 0.1) is 5.92 Å². The van der Waals surface area contributed by atoms with Crippen molar-refractivity contribution >= 4 is 21.8 Å². The van der Waals surface area contributed by atoms with Crippen LogP contribution in [0.15, 0.2) is 51.5 Å². The van der Waals surface area contributed by atoms with Crippen molar-refractivity contribution in [2.75, 3.05) is 34.4 Å². The van der Waals surface area contributed by atoms with Gasteiger partial charge in [0.15, 0.2) is 11.5 Å². The molecule has 2 heterocycles. The lowest BCUT2D eigenvalue weighted by atomic mass is 9.96. The van der Waals surface area contributed by atoms with Crippen LogP contribution in [0.1, 0.15) is 24.3 Å². The molecule has 1 saturated heterocycles. The topological polar surface area (TPSA) is 80.9 Å². The lowest BCUT2D eigenvalue weighted by Crippen LogP contribution is -2.43. The number of methoxy groups -OCH3 is 2. The zero-order chi connectivity index (χ0) is 24.1. The number of aromatic nitrogens is 2. The first-order valence-electron chi connectivity index (χ1n) is 11.2. The first kappa shape index (κ1) is 24.2. The fourth-order valence-electron chi connectivity index (χ4n) is 4.27. The fourth-order valence-corrected chi connectivity index (χ4v) is 4.53. The Bertz CT molecular complexity index is 1120. The van der Waals surface area contributed by atoms with E-state index in [1.54, 1.807) is 19.1 Å². The van der Waals surface area contributed by atoms with E-state index in [1.807, 2.05) is 49.5 Å². The molecule has 2 aromatic carbocycles. The van der Waals surface area contributed by atoms with Crippen LogP contribution in [-0.4, -0.2) is 60.2 Å². The molecule has 1 aliphatic heterocycles. The Balaban J connectivity index is 1.35. The van der Waals surface area contributed by atoms with Crippen molar-refractivity contribution in [2.24, 2.45) is 5.92 Å². The fraction of sp³-hybridized carbons (Fsp3) is 0.400. The zero-order valence-electron chi connectivity index (χ0n) is 19.7. The Hall–Kier alpha value is -2.91. The quantitative estimate of drug-likeness (QED) is 0.428. The van der Waals surface area contributed by atoms with E-state index < -0.39 is 0 Å². The molecule has 0 N–H and O–H groups in total. The van der Waals surface area contributed by atoms with Crippen molar-refractivity contribution in [3.05, 3.63) is 58.4 Å². The van der Waals surface area contributed by atoms with Gasteiger partial charge in [0.1, 0.15) is 0 Å². The number of hydrogen-bond acceptors (Lipinski definition) is 7. The molecule has 180 valence electrons. The third kappa shape index (κ3) is 5.77. The first-order chi connectivity index (χ1) is 16.5. The van der Waals surface area contributed by atoms with E-state index in [0.717, 1.165) is 35.0 Å². The smallest absolute Gasteiger partial charge is 0.241 e. The van der Waals surface area contributed by atoms with Crippen LogP contribution < -0.4 is 9.47 Å². The Morgan fingerprint density at radius 3 is 2.68 bits per heavy atom. The molecule has 0 bridgehead atoms. The molecule has 1 atom stereocenters. The monoisotopic (exact) mass is 528 g/mol. The van der Waals surface area contributed by atoms with E-state index in [9.17, 15) is 4.79 Å². The molecule has 1 unspecified atom stereocenters. The van der Waals surface area contributed by atoms with E-state index >= 15 is 0 Å². The largest absolute Gasteiger partial charge is 0.493 e. The van der Waals surface area contributed by atoms with Gasteiger partial charge in [-0.05, 0) is 61.3 Å². The van der Waals surface area contributed by atoms with Crippen LogP contribution in [0.2, 0.25) is 0 Å². The molecular formula is C25H29BrN4O4. The molecule has 1 aliphatic rings. The highest BCUT2D eigenvalue weighted by Gasteiger charge is 2.29. The maximum absolute atomic E-state index is 13.2. The third-order valence-electron chi connectivity index (χ3n) is 6.03. The number of hydrogen-bond donors (Lipinski definition) is 0. The SMILES string of the molecule is COc1ccc(CN(C)C(=O)C2CCCN(Cc3nc(-c4ccc(Br)cc4)no3)C2)cc1OC. The second kappa shape index (κ2) is 11.0. The molecule has 0 aliphatic carbocycles. The summed E-state index contributed by atoms with van der Waals surface area (Å²) in [5, 5.41) is 4.11. The summed E-state index contributed by atoms with van der Waals surface area (Å²) < 4.78 is 17.2. The molecule has 34 heavy (non-hydrogen) atoms. The molecule has 9 heteroatoms. The third-order valence-corrected chi connectivity index (χ3v) is 6.56. The Kier molecular flexibility index (Phi) is 7.84. The van der Waals surface area contributed by atoms with Crippen LogP contribution >= 0.6 is 15.9 Å². The van der Waals surface area contributed by atoms with Gasteiger partial charge >= 0.3 is 0 Å². The molecule has 0 radical (unpaired) electrons. The van der Waals surface area contributed by atoms with Gasteiger partial charge < -0.3 is 18.9 Å². The van der Waals surface area contributed by atoms with Crippen LogP contribution in [0.3, 0.4) is 0 Å². The molecule has 1 aromatic heterocycles. The summed E-state index contributed by atoms with van der Waals surface area (Å²) >= 11 is 3.43. The number of piperidine rings is 1. The van der Waals surface area contributed by atoms with Crippen LogP contribution in [0.5, 0.6) is 11.5 Å². The highest BCUT2D eigenvalue weighted by Crippen LogP contribution is 2.28. The summed E-state index contributed by atoms with van der Waals surface area (Å²) in [4.78, 5) is 21.7. The number of nitrogens with zero attached hydrogens (tertiary/aromatic N) is 4. The van der Waals surface area contributed by atoms with E-state index in [2.05, 4.69) is 31.0 Å². The van der Waals surface area contributed by atoms with Crippen molar-refractivity contribution in [1.82, 2.24) is 19.9 Å². The van der Waals surface area contributed by atoms with Gasteiger partial charge in [-0.15, -0.1) is 0 Å². The molecule has 1 amide bonds. The van der Waals surface area contributed by atoms with Crippen LogP contribution in [0.4, 0.5) is 0 Å². The van der Waals surface area contributed by atoms with E-state index in [4.69, 9.17) is 14.0 Å². The average Bonchev–Trinajstić information content (AvgIpc) is 3.32. The number of likely N-dealkylation sites (tertiary alicyclic amines) is 1. The van der Waals surface area contributed by atoms with Gasteiger partial charge in [-0.2, -0.15) is 4.98 Å². The number of benzene rings is 2. The molecule has 0 spiro atoms. The Morgan fingerprint density at radius 1 is 1.18 bits per heavy atom. The Morgan fingerprint density at radius 2 is 1.94 bits per heavy atom. The number of halogens is 1. The van der Waals surface area contributed by atoms with Crippen molar-refractivity contribution in [1.29, 1.82) is 0 Å². The number of carbonyl (C=O) groups excluding carboxylic acids is 1. The second-order valence-corrected chi connectivity index (χ2v) is 9.39. The van der Waals surface area contributed by atoms with Crippen molar-refractivity contribution in [3.8, 4) is 22.9 Å². The van der Waals surface area contributed by atoms with Gasteiger partial charge in [0.2, 0.25) is 17.6 Å². The highest BCUT2D eigenvalue weighted by molar-refractivity contribution is 9.10. The van der Waals surface area contributed by atoms with Gasteiger partial charge in [0.25, 0.3) is 0 Å². The standard InChI is InChI=1S/C25H29BrN4O4/c1-29(14-17-6-11-21(32-2)22(13-17)33-3)25(31)19-5-4-12-30(15-19)16-23-27-24(28-34-23)18-7-9-20(26)10-8-18/h6-11,13,19H,4-5,12,14-16H2,1-3H3. The normalized spacial score (nSPS) is 16.3. The maximum Gasteiger partial charge on any atom is 0.241 e. The molecular weight excluding hydrogens is 500 g/mol. The maximum atomic E-state index is 13.2. The minimum Gasteiger partial charge on any atom is -0.493 e. The summed E-state index contributed by atoms with van der Waals surface area (Å²) in [6.07, 6.45) is 1.83. The minimum atomic E-state index is -0.0623. The summed E-state index contributed by atoms with van der Waals surface area (Å²) in [7, 11) is 5.07. The van der Waals surface area contributed by atoms with Gasteiger partial charge in [0.05, 0.1) is 26.7 Å². The van der Waals surface area contributed by atoms with Crippen molar-refractivity contribution < 1.29 is 18.8 Å². The number of carbonyl (C=O) groups is 1. The Labute approximate surface area is 208 Å². The average molecular weight is 529 g/mol. The molecule has 1 fully saturated rings. The van der Waals surface area contributed by atoms with E-state index in [0.29, 0.717) is 42.8 Å². The summed E-state index contributed by atoms with van der Waals surface area (Å²) in [6, 6.07) is 13.5. The van der Waals surface area contributed by atoms with E-state index in [1.165, 1.54) is 0 Å². The summed E-state index contributed by atoms with van der Waals surface area (Å²) in [5.41, 5.74) is 1.90. The molecule has 8 nitrogen and oxygen atoms in total.